The second-order valence-electron chi connectivity index (χ2n) is 9.78. The number of aromatic nitrogens is 2. The Kier molecular flexibility index (Phi) is 7.07. The molecule has 2 heterocycles. The highest BCUT2D eigenvalue weighted by molar-refractivity contribution is 7.19. The van der Waals surface area contributed by atoms with E-state index in [0.29, 0.717) is 18.9 Å². The molecule has 1 atom stereocenters. The highest BCUT2D eigenvalue weighted by Gasteiger charge is 2.33. The Labute approximate surface area is 198 Å². The number of carbonyl (C=O) groups excluding carboxylic acids is 2. The van der Waals surface area contributed by atoms with Crippen molar-refractivity contribution in [1.82, 2.24) is 15.3 Å². The monoisotopic (exact) mass is 475 g/mol. The number of fused-ring (bicyclic) bond motifs is 3. The molecule has 0 radical (unpaired) electrons. The smallest absolute Gasteiger partial charge is 0.407 e. The summed E-state index contributed by atoms with van der Waals surface area (Å²) in [6.07, 6.45) is 6.77. The van der Waals surface area contributed by atoms with E-state index in [0.717, 1.165) is 48.7 Å². The fourth-order valence-electron chi connectivity index (χ4n) is 4.71. The number of alkyl carbamates (subject to hydrolysis) is 1. The number of ether oxygens (including phenoxy) is 3. The zero-order valence-electron chi connectivity index (χ0n) is 19.8. The van der Waals surface area contributed by atoms with Gasteiger partial charge in [0.25, 0.3) is 0 Å². The summed E-state index contributed by atoms with van der Waals surface area (Å²) < 4.78 is 16.9. The van der Waals surface area contributed by atoms with Gasteiger partial charge in [0.2, 0.25) is 5.88 Å². The van der Waals surface area contributed by atoms with Crippen LogP contribution in [0.1, 0.15) is 82.6 Å². The number of nitrogens with zero attached hydrogens (tertiary/aromatic N) is 2. The summed E-state index contributed by atoms with van der Waals surface area (Å²) in [6.45, 7) is 7.80. The zero-order chi connectivity index (χ0) is 23.6. The van der Waals surface area contributed by atoms with E-state index < -0.39 is 5.60 Å². The molecule has 8 nitrogen and oxygen atoms in total. The normalized spacial score (nSPS) is 22.6. The lowest BCUT2D eigenvalue weighted by molar-refractivity contribution is -0.143. The summed E-state index contributed by atoms with van der Waals surface area (Å²) in [5.41, 5.74) is 0.660. The molecule has 0 saturated heterocycles. The van der Waals surface area contributed by atoms with Crippen LogP contribution < -0.4 is 10.1 Å². The number of thiophene rings is 1. The summed E-state index contributed by atoms with van der Waals surface area (Å²) in [7, 11) is 0. The third-order valence-electron chi connectivity index (χ3n) is 6.09. The summed E-state index contributed by atoms with van der Waals surface area (Å²) in [6, 6.07) is 0.0875. The zero-order valence-corrected chi connectivity index (χ0v) is 20.6. The molecule has 0 bridgehead atoms. The van der Waals surface area contributed by atoms with Crippen LogP contribution in [0.3, 0.4) is 0 Å². The largest absolute Gasteiger partial charge is 0.474 e. The van der Waals surface area contributed by atoms with E-state index in [9.17, 15) is 9.59 Å². The summed E-state index contributed by atoms with van der Waals surface area (Å²) >= 11 is 1.67. The van der Waals surface area contributed by atoms with Crippen molar-refractivity contribution in [3.63, 3.8) is 0 Å². The molecule has 2 aromatic heterocycles. The fourth-order valence-corrected chi connectivity index (χ4v) is 5.94. The maximum atomic E-state index is 12.1. The number of hydrogen-bond acceptors (Lipinski definition) is 8. The number of amides is 1. The first-order valence-electron chi connectivity index (χ1n) is 11.8. The molecule has 1 fully saturated rings. The molecule has 1 N–H and O–H groups in total. The van der Waals surface area contributed by atoms with E-state index in [1.54, 1.807) is 17.7 Å². The number of nitrogens with one attached hydrogen (secondary N) is 1. The summed E-state index contributed by atoms with van der Waals surface area (Å²) in [4.78, 5) is 35.3. The van der Waals surface area contributed by atoms with Crippen molar-refractivity contribution in [2.75, 3.05) is 6.61 Å². The Hall–Kier alpha value is -2.42. The topological polar surface area (TPSA) is 99.6 Å². The standard InChI is InChI=1S/C24H33N3O5S/c1-5-30-18(28)12-14-6-11-17-19(14)20-21(25-13-26-22(20)33-17)31-16-9-7-15(8-10-16)27-23(29)32-24(2,3)4/h13-16H,5-12H2,1-4H3,(H,27,29)/t14-,15-,16-/m0/s1. The molecule has 33 heavy (non-hydrogen) atoms. The Morgan fingerprint density at radius 1 is 1.15 bits per heavy atom. The van der Waals surface area contributed by atoms with Gasteiger partial charge in [-0.25, -0.2) is 14.8 Å². The first-order chi connectivity index (χ1) is 15.7. The second-order valence-corrected chi connectivity index (χ2v) is 10.9. The molecule has 4 rings (SSSR count). The lowest BCUT2D eigenvalue weighted by Crippen LogP contribution is -2.42. The number of carbonyl (C=O) groups is 2. The maximum absolute atomic E-state index is 12.1. The first-order valence-corrected chi connectivity index (χ1v) is 12.6. The van der Waals surface area contributed by atoms with Gasteiger partial charge in [-0.15, -0.1) is 11.3 Å². The minimum Gasteiger partial charge on any atom is -0.474 e. The van der Waals surface area contributed by atoms with Crippen molar-refractivity contribution in [3.05, 3.63) is 16.8 Å². The molecule has 180 valence electrons. The van der Waals surface area contributed by atoms with E-state index in [1.807, 2.05) is 27.7 Å². The van der Waals surface area contributed by atoms with Gasteiger partial charge in [0.1, 0.15) is 22.9 Å². The van der Waals surface area contributed by atoms with Crippen LogP contribution in [0.15, 0.2) is 6.33 Å². The van der Waals surface area contributed by atoms with Gasteiger partial charge in [0, 0.05) is 10.9 Å². The molecule has 2 aromatic rings. The minimum atomic E-state index is -0.505. The molecule has 1 saturated carbocycles. The lowest BCUT2D eigenvalue weighted by atomic mass is 9.93. The quantitative estimate of drug-likeness (QED) is 0.594. The molecule has 2 aliphatic carbocycles. The van der Waals surface area contributed by atoms with Crippen LogP contribution in [-0.4, -0.2) is 46.4 Å². The second kappa shape index (κ2) is 9.83. The van der Waals surface area contributed by atoms with Crippen LogP contribution in [0.2, 0.25) is 0 Å². The Morgan fingerprint density at radius 3 is 2.61 bits per heavy atom. The van der Waals surface area contributed by atoms with Gasteiger partial charge >= 0.3 is 12.1 Å². The number of aryl methyl sites for hydroxylation is 1. The molecule has 0 aliphatic heterocycles. The van der Waals surface area contributed by atoms with E-state index in [2.05, 4.69) is 15.3 Å². The average Bonchev–Trinajstić information content (AvgIpc) is 3.28. The molecule has 9 heteroatoms. The Balaban J connectivity index is 1.42. The number of esters is 1. The van der Waals surface area contributed by atoms with Crippen molar-refractivity contribution < 1.29 is 23.8 Å². The van der Waals surface area contributed by atoms with Crippen LogP contribution in [0, 0.1) is 0 Å². The van der Waals surface area contributed by atoms with Crippen molar-refractivity contribution >= 4 is 33.6 Å². The highest BCUT2D eigenvalue weighted by atomic mass is 32.1. The molecular weight excluding hydrogens is 442 g/mol. The van der Waals surface area contributed by atoms with E-state index in [1.165, 1.54) is 10.4 Å². The first kappa shape index (κ1) is 23.7. The summed E-state index contributed by atoms with van der Waals surface area (Å²) in [5.74, 6) is 0.566. The SMILES string of the molecule is CCOC(=O)C[C@@H]1CCc2sc3ncnc(O[C@H]4CC[C@H](NC(=O)OC(C)(C)C)CC4)c3c21. The predicted molar refractivity (Wildman–Crippen MR) is 126 cm³/mol. The van der Waals surface area contributed by atoms with Crippen LogP contribution in [0.25, 0.3) is 10.2 Å². The molecule has 0 unspecified atom stereocenters. The van der Waals surface area contributed by atoms with Crippen LogP contribution in [-0.2, 0) is 20.7 Å². The molecular formula is C24H33N3O5S. The van der Waals surface area contributed by atoms with Crippen molar-refractivity contribution in [3.8, 4) is 5.88 Å². The van der Waals surface area contributed by atoms with E-state index in [4.69, 9.17) is 14.2 Å². The van der Waals surface area contributed by atoms with Crippen molar-refractivity contribution in [2.24, 2.45) is 0 Å². The fraction of sp³-hybridized carbons (Fsp3) is 0.667. The van der Waals surface area contributed by atoms with E-state index >= 15 is 0 Å². The van der Waals surface area contributed by atoms with Crippen LogP contribution >= 0.6 is 11.3 Å². The van der Waals surface area contributed by atoms with Gasteiger partial charge in [0.05, 0.1) is 18.4 Å². The van der Waals surface area contributed by atoms with Gasteiger partial charge in [-0.1, -0.05) is 0 Å². The molecule has 0 spiro atoms. The van der Waals surface area contributed by atoms with Gasteiger partial charge in [-0.3, -0.25) is 4.79 Å². The van der Waals surface area contributed by atoms with Gasteiger partial charge < -0.3 is 19.5 Å². The van der Waals surface area contributed by atoms with Crippen molar-refractivity contribution in [2.45, 2.75) is 96.3 Å². The maximum Gasteiger partial charge on any atom is 0.407 e. The van der Waals surface area contributed by atoms with Crippen LogP contribution in [0.4, 0.5) is 4.79 Å². The predicted octanol–water partition coefficient (Wildman–Crippen LogP) is 4.89. The highest BCUT2D eigenvalue weighted by Crippen LogP contribution is 2.47. The Morgan fingerprint density at radius 2 is 1.91 bits per heavy atom. The van der Waals surface area contributed by atoms with Crippen LogP contribution in [0.5, 0.6) is 5.88 Å². The average molecular weight is 476 g/mol. The van der Waals surface area contributed by atoms with Gasteiger partial charge in [-0.05, 0) is 77.7 Å². The molecule has 1 amide bonds. The molecule has 0 aromatic carbocycles. The van der Waals surface area contributed by atoms with E-state index in [-0.39, 0.29) is 30.1 Å². The third kappa shape index (κ3) is 5.75. The molecule has 2 aliphatic rings. The third-order valence-corrected chi connectivity index (χ3v) is 7.26. The Bertz CT molecular complexity index is 1010. The number of rotatable bonds is 6. The summed E-state index contributed by atoms with van der Waals surface area (Å²) in [5, 5.41) is 3.93. The van der Waals surface area contributed by atoms with Gasteiger partial charge in [0.15, 0.2) is 0 Å². The van der Waals surface area contributed by atoms with Crippen molar-refractivity contribution in [1.29, 1.82) is 0 Å². The minimum absolute atomic E-state index is 0.0280. The number of hydrogen-bond donors (Lipinski definition) is 1. The van der Waals surface area contributed by atoms with Gasteiger partial charge in [-0.2, -0.15) is 0 Å². The lowest BCUT2D eigenvalue weighted by Gasteiger charge is -2.30.